The predicted molar refractivity (Wildman–Crippen MR) is 81.6 cm³/mol. The van der Waals surface area contributed by atoms with Crippen LogP contribution < -0.4 is 5.32 Å². The fourth-order valence-electron chi connectivity index (χ4n) is 1.77. The van der Waals surface area contributed by atoms with Gasteiger partial charge >= 0.3 is 0 Å². The van der Waals surface area contributed by atoms with Crippen LogP contribution in [0.1, 0.15) is 11.1 Å². The molecule has 2 aromatic rings. The Kier molecular flexibility index (Phi) is 4.63. The SMILES string of the molecule is N#Cc1ccc(NCc2ccc(Cl)cc2[N+](=O)[O-])c(Cl)c1. The molecule has 0 radical (unpaired) electrons. The van der Waals surface area contributed by atoms with Gasteiger partial charge in [-0.1, -0.05) is 23.2 Å². The third-order valence-corrected chi connectivity index (χ3v) is 3.36. The lowest BCUT2D eigenvalue weighted by Crippen LogP contribution is -2.03. The van der Waals surface area contributed by atoms with Gasteiger partial charge in [-0.05, 0) is 30.3 Å². The third kappa shape index (κ3) is 3.63. The topological polar surface area (TPSA) is 79.0 Å². The van der Waals surface area contributed by atoms with E-state index in [0.717, 1.165) is 0 Å². The number of hydrogen-bond donors (Lipinski definition) is 1. The van der Waals surface area contributed by atoms with Crippen molar-refractivity contribution < 1.29 is 4.92 Å². The first-order valence-electron chi connectivity index (χ1n) is 5.87. The zero-order valence-electron chi connectivity index (χ0n) is 10.6. The van der Waals surface area contributed by atoms with Crippen LogP contribution in [-0.4, -0.2) is 4.92 Å². The second kappa shape index (κ2) is 6.44. The molecule has 106 valence electrons. The van der Waals surface area contributed by atoms with Crippen LogP contribution in [0.25, 0.3) is 0 Å². The van der Waals surface area contributed by atoms with E-state index < -0.39 is 4.92 Å². The van der Waals surface area contributed by atoms with Gasteiger partial charge in [0.25, 0.3) is 5.69 Å². The summed E-state index contributed by atoms with van der Waals surface area (Å²) in [5.41, 5.74) is 1.48. The van der Waals surface area contributed by atoms with Crippen LogP contribution in [-0.2, 0) is 6.54 Å². The number of benzene rings is 2. The highest BCUT2D eigenvalue weighted by atomic mass is 35.5. The molecule has 0 heterocycles. The van der Waals surface area contributed by atoms with E-state index in [1.807, 2.05) is 6.07 Å². The summed E-state index contributed by atoms with van der Waals surface area (Å²) in [5.74, 6) is 0. The maximum absolute atomic E-state index is 11.0. The van der Waals surface area contributed by atoms with Crippen molar-refractivity contribution in [3.8, 4) is 6.07 Å². The Balaban J connectivity index is 2.21. The first-order valence-corrected chi connectivity index (χ1v) is 6.63. The van der Waals surface area contributed by atoms with E-state index in [-0.39, 0.29) is 12.2 Å². The summed E-state index contributed by atoms with van der Waals surface area (Å²) >= 11 is 11.8. The van der Waals surface area contributed by atoms with Crippen molar-refractivity contribution in [2.45, 2.75) is 6.54 Å². The van der Waals surface area contributed by atoms with E-state index in [2.05, 4.69) is 5.32 Å². The molecule has 2 rings (SSSR count). The molecule has 0 unspecified atom stereocenters. The fraction of sp³-hybridized carbons (Fsp3) is 0.0714. The van der Waals surface area contributed by atoms with Gasteiger partial charge in [-0.2, -0.15) is 5.26 Å². The minimum Gasteiger partial charge on any atom is -0.379 e. The van der Waals surface area contributed by atoms with Gasteiger partial charge in [0.2, 0.25) is 0 Å². The molecule has 1 N–H and O–H groups in total. The van der Waals surface area contributed by atoms with Crippen molar-refractivity contribution in [1.82, 2.24) is 0 Å². The Labute approximate surface area is 130 Å². The van der Waals surface area contributed by atoms with Crippen LogP contribution in [0.2, 0.25) is 10.0 Å². The number of nitriles is 1. The van der Waals surface area contributed by atoms with E-state index >= 15 is 0 Å². The van der Waals surface area contributed by atoms with Gasteiger partial charge in [0.05, 0.1) is 27.3 Å². The first-order chi connectivity index (χ1) is 10.0. The summed E-state index contributed by atoms with van der Waals surface area (Å²) < 4.78 is 0. The van der Waals surface area contributed by atoms with Gasteiger partial charge in [-0.15, -0.1) is 0 Å². The van der Waals surface area contributed by atoms with Crippen LogP contribution in [0.5, 0.6) is 0 Å². The van der Waals surface area contributed by atoms with Gasteiger partial charge in [0.1, 0.15) is 0 Å². The molecule has 0 fully saturated rings. The Hall–Kier alpha value is -2.29. The van der Waals surface area contributed by atoms with Crippen LogP contribution in [0, 0.1) is 21.4 Å². The number of halogens is 2. The maximum Gasteiger partial charge on any atom is 0.275 e. The van der Waals surface area contributed by atoms with Crippen molar-refractivity contribution in [1.29, 1.82) is 5.26 Å². The molecule has 21 heavy (non-hydrogen) atoms. The average Bonchev–Trinajstić information content (AvgIpc) is 2.46. The van der Waals surface area contributed by atoms with Crippen LogP contribution in [0.4, 0.5) is 11.4 Å². The lowest BCUT2D eigenvalue weighted by Gasteiger charge is -2.09. The number of anilines is 1. The van der Waals surface area contributed by atoms with Gasteiger partial charge in [-0.3, -0.25) is 10.1 Å². The second-order valence-corrected chi connectivity index (χ2v) is 5.03. The number of nitro benzene ring substituents is 1. The maximum atomic E-state index is 11.0. The second-order valence-electron chi connectivity index (χ2n) is 4.19. The van der Waals surface area contributed by atoms with E-state index in [4.69, 9.17) is 28.5 Å². The molecule has 0 bridgehead atoms. The molecular weight excluding hydrogens is 313 g/mol. The molecule has 0 amide bonds. The minimum absolute atomic E-state index is 0.0558. The van der Waals surface area contributed by atoms with Crippen molar-refractivity contribution in [2.75, 3.05) is 5.32 Å². The number of hydrogen-bond acceptors (Lipinski definition) is 4. The van der Waals surface area contributed by atoms with Crippen molar-refractivity contribution in [3.05, 3.63) is 67.7 Å². The molecular formula is C14H9Cl2N3O2. The number of nitrogens with zero attached hydrogens (tertiary/aromatic N) is 2. The molecule has 0 saturated heterocycles. The minimum atomic E-state index is -0.483. The monoisotopic (exact) mass is 321 g/mol. The van der Waals surface area contributed by atoms with Crippen LogP contribution in [0.15, 0.2) is 36.4 Å². The zero-order valence-corrected chi connectivity index (χ0v) is 12.1. The van der Waals surface area contributed by atoms with Gasteiger partial charge < -0.3 is 5.32 Å². The molecule has 2 aromatic carbocycles. The molecule has 0 saturated carbocycles. The standard InChI is InChI=1S/C14H9Cl2N3O2/c15-11-3-2-10(14(6-11)19(20)21)8-18-13-4-1-9(7-17)5-12(13)16/h1-6,18H,8H2. The molecule has 0 aromatic heterocycles. The van der Waals surface area contributed by atoms with Gasteiger partial charge in [-0.25, -0.2) is 0 Å². The number of nitrogens with one attached hydrogen (secondary N) is 1. The quantitative estimate of drug-likeness (QED) is 0.669. The summed E-state index contributed by atoms with van der Waals surface area (Å²) in [5, 5.41) is 23.5. The summed E-state index contributed by atoms with van der Waals surface area (Å²) in [7, 11) is 0. The number of nitro groups is 1. The highest BCUT2D eigenvalue weighted by Crippen LogP contribution is 2.27. The normalized spacial score (nSPS) is 9.95. The Morgan fingerprint density at radius 3 is 2.62 bits per heavy atom. The van der Waals surface area contributed by atoms with Crippen LogP contribution >= 0.6 is 23.2 Å². The fourth-order valence-corrected chi connectivity index (χ4v) is 2.19. The van der Waals surface area contributed by atoms with Gasteiger partial charge in [0, 0.05) is 23.2 Å². The van der Waals surface area contributed by atoms with E-state index in [9.17, 15) is 10.1 Å². The summed E-state index contributed by atoms with van der Waals surface area (Å²) in [6.45, 7) is 0.221. The van der Waals surface area contributed by atoms with E-state index in [1.165, 1.54) is 12.1 Å². The molecule has 0 aliphatic heterocycles. The lowest BCUT2D eigenvalue weighted by molar-refractivity contribution is -0.385. The Morgan fingerprint density at radius 2 is 2.00 bits per heavy atom. The van der Waals surface area contributed by atoms with E-state index in [1.54, 1.807) is 24.3 Å². The highest BCUT2D eigenvalue weighted by molar-refractivity contribution is 6.33. The van der Waals surface area contributed by atoms with Crippen molar-refractivity contribution >= 4 is 34.6 Å². The van der Waals surface area contributed by atoms with Gasteiger partial charge in [0.15, 0.2) is 0 Å². The first kappa shape index (κ1) is 15.1. The third-order valence-electron chi connectivity index (χ3n) is 2.81. The molecule has 0 aliphatic rings. The molecule has 0 atom stereocenters. The van der Waals surface area contributed by atoms with Crippen molar-refractivity contribution in [3.63, 3.8) is 0 Å². The molecule has 5 nitrogen and oxygen atoms in total. The average molecular weight is 322 g/mol. The largest absolute Gasteiger partial charge is 0.379 e. The number of rotatable bonds is 4. The van der Waals surface area contributed by atoms with E-state index in [0.29, 0.717) is 26.9 Å². The molecule has 7 heteroatoms. The summed E-state index contributed by atoms with van der Waals surface area (Å²) in [4.78, 5) is 10.5. The predicted octanol–water partition coefficient (Wildman–Crippen LogP) is 4.39. The highest BCUT2D eigenvalue weighted by Gasteiger charge is 2.14. The smallest absolute Gasteiger partial charge is 0.275 e. The summed E-state index contributed by atoms with van der Waals surface area (Å²) in [6, 6.07) is 11.3. The summed E-state index contributed by atoms with van der Waals surface area (Å²) in [6.07, 6.45) is 0. The zero-order chi connectivity index (χ0) is 15.4. The van der Waals surface area contributed by atoms with Crippen molar-refractivity contribution in [2.24, 2.45) is 0 Å². The lowest BCUT2D eigenvalue weighted by atomic mass is 10.1. The Morgan fingerprint density at radius 1 is 1.24 bits per heavy atom. The van der Waals surface area contributed by atoms with Crippen LogP contribution in [0.3, 0.4) is 0 Å². The Bertz CT molecular complexity index is 741. The molecule has 0 spiro atoms. The molecule has 0 aliphatic carbocycles.